The zero-order valence-electron chi connectivity index (χ0n) is 14.1. The number of hydrogen-bond acceptors (Lipinski definition) is 5. The third kappa shape index (κ3) is 3.58. The van der Waals surface area contributed by atoms with E-state index in [-0.39, 0.29) is 5.91 Å². The predicted molar refractivity (Wildman–Crippen MR) is 92.8 cm³/mol. The number of nitrogens with zero attached hydrogens (tertiary/aromatic N) is 3. The molecule has 6 nitrogen and oxygen atoms in total. The van der Waals surface area contributed by atoms with Gasteiger partial charge in [-0.25, -0.2) is 0 Å². The summed E-state index contributed by atoms with van der Waals surface area (Å²) in [7, 11) is 0. The van der Waals surface area contributed by atoms with Crippen LogP contribution in [0.5, 0.6) is 11.5 Å². The van der Waals surface area contributed by atoms with E-state index < -0.39 is 0 Å². The molecule has 1 aromatic heterocycles. The maximum absolute atomic E-state index is 12.5. The number of carbonyl (C=O) groups excluding carboxylic acids is 1. The highest BCUT2D eigenvalue weighted by molar-refractivity contribution is 5.94. The topological polar surface area (TPSA) is 54.9 Å². The van der Waals surface area contributed by atoms with Crippen molar-refractivity contribution in [3.63, 3.8) is 0 Å². The third-order valence-electron chi connectivity index (χ3n) is 4.60. The van der Waals surface area contributed by atoms with E-state index in [0.717, 1.165) is 44.2 Å². The molecule has 0 bridgehead atoms. The van der Waals surface area contributed by atoms with E-state index in [0.29, 0.717) is 18.8 Å². The molecule has 6 heteroatoms. The Morgan fingerprint density at radius 1 is 0.960 bits per heavy atom. The van der Waals surface area contributed by atoms with Crippen LogP contribution in [0.2, 0.25) is 0 Å². The van der Waals surface area contributed by atoms with Gasteiger partial charge < -0.3 is 14.4 Å². The molecular formula is C19H21N3O3. The van der Waals surface area contributed by atoms with Gasteiger partial charge in [0.05, 0.1) is 0 Å². The van der Waals surface area contributed by atoms with Gasteiger partial charge in [-0.15, -0.1) is 0 Å². The fourth-order valence-corrected chi connectivity index (χ4v) is 3.23. The minimum absolute atomic E-state index is 0.0846. The first-order valence-electron chi connectivity index (χ1n) is 8.60. The van der Waals surface area contributed by atoms with Gasteiger partial charge in [0.2, 0.25) is 0 Å². The van der Waals surface area contributed by atoms with E-state index in [9.17, 15) is 4.79 Å². The van der Waals surface area contributed by atoms with Crippen molar-refractivity contribution in [3.05, 3.63) is 53.9 Å². The number of piperazine rings is 1. The highest BCUT2D eigenvalue weighted by atomic mass is 16.6. The first-order valence-corrected chi connectivity index (χ1v) is 8.60. The van der Waals surface area contributed by atoms with Crippen LogP contribution in [-0.2, 0) is 6.54 Å². The molecule has 0 aliphatic carbocycles. The Morgan fingerprint density at radius 2 is 1.68 bits per heavy atom. The van der Waals surface area contributed by atoms with Gasteiger partial charge in [0.1, 0.15) is 13.2 Å². The second-order valence-electron chi connectivity index (χ2n) is 6.28. The molecule has 2 aromatic rings. The zero-order valence-corrected chi connectivity index (χ0v) is 14.1. The Balaban J connectivity index is 1.34. The third-order valence-corrected chi connectivity index (χ3v) is 4.60. The second kappa shape index (κ2) is 7.11. The van der Waals surface area contributed by atoms with E-state index in [1.165, 1.54) is 5.56 Å². The molecule has 0 atom stereocenters. The molecule has 2 aliphatic heterocycles. The molecule has 0 unspecified atom stereocenters. The lowest BCUT2D eigenvalue weighted by Crippen LogP contribution is -2.48. The SMILES string of the molecule is O=C(c1ccncc1)N1CCN(Cc2ccc3c(c2)OCCO3)CC1. The summed E-state index contributed by atoms with van der Waals surface area (Å²) < 4.78 is 11.2. The Morgan fingerprint density at radius 3 is 2.44 bits per heavy atom. The lowest BCUT2D eigenvalue weighted by molar-refractivity contribution is 0.0628. The number of amides is 1. The molecule has 3 heterocycles. The molecule has 25 heavy (non-hydrogen) atoms. The number of hydrogen-bond donors (Lipinski definition) is 0. The Bertz CT molecular complexity index is 743. The highest BCUT2D eigenvalue weighted by Gasteiger charge is 2.22. The van der Waals surface area contributed by atoms with Gasteiger partial charge in [0.15, 0.2) is 11.5 Å². The number of fused-ring (bicyclic) bond motifs is 1. The molecule has 1 fully saturated rings. The summed E-state index contributed by atoms with van der Waals surface area (Å²) in [5.74, 6) is 1.74. The Kier molecular flexibility index (Phi) is 4.52. The summed E-state index contributed by atoms with van der Waals surface area (Å²) >= 11 is 0. The number of carbonyl (C=O) groups is 1. The fourth-order valence-electron chi connectivity index (χ4n) is 3.23. The summed E-state index contributed by atoms with van der Waals surface area (Å²) in [5, 5.41) is 0. The van der Waals surface area contributed by atoms with Crippen LogP contribution in [0.3, 0.4) is 0 Å². The van der Waals surface area contributed by atoms with E-state index >= 15 is 0 Å². The summed E-state index contributed by atoms with van der Waals surface area (Å²) in [6.07, 6.45) is 3.32. The average molecular weight is 339 g/mol. The molecule has 1 saturated heterocycles. The Labute approximate surface area is 147 Å². The lowest BCUT2D eigenvalue weighted by atomic mass is 10.1. The second-order valence-corrected chi connectivity index (χ2v) is 6.28. The number of rotatable bonds is 3. The van der Waals surface area contributed by atoms with E-state index in [1.54, 1.807) is 24.5 Å². The van der Waals surface area contributed by atoms with Crippen molar-refractivity contribution in [1.29, 1.82) is 0 Å². The van der Waals surface area contributed by atoms with Crippen molar-refractivity contribution in [2.24, 2.45) is 0 Å². The van der Waals surface area contributed by atoms with Crippen molar-refractivity contribution in [2.75, 3.05) is 39.4 Å². The summed E-state index contributed by atoms with van der Waals surface area (Å²) in [5.41, 5.74) is 1.91. The molecule has 4 rings (SSSR count). The van der Waals surface area contributed by atoms with Gasteiger partial charge in [-0.1, -0.05) is 6.07 Å². The summed E-state index contributed by atoms with van der Waals surface area (Å²) in [6.45, 7) is 5.29. The van der Waals surface area contributed by atoms with Crippen LogP contribution in [0.15, 0.2) is 42.7 Å². The van der Waals surface area contributed by atoms with Crippen LogP contribution >= 0.6 is 0 Å². The van der Waals surface area contributed by atoms with E-state index in [4.69, 9.17) is 9.47 Å². The molecule has 2 aliphatic rings. The van der Waals surface area contributed by atoms with Crippen molar-refractivity contribution >= 4 is 5.91 Å². The smallest absolute Gasteiger partial charge is 0.254 e. The lowest BCUT2D eigenvalue weighted by Gasteiger charge is -2.35. The first-order chi connectivity index (χ1) is 12.3. The first kappa shape index (κ1) is 15.9. The standard InChI is InChI=1S/C19H21N3O3/c23-19(16-3-5-20-6-4-16)22-9-7-21(8-10-22)14-15-1-2-17-18(13-15)25-12-11-24-17/h1-6,13H,7-12,14H2. The van der Waals surface area contributed by atoms with Crippen LogP contribution in [0.25, 0.3) is 0 Å². The summed E-state index contributed by atoms with van der Waals surface area (Å²) in [4.78, 5) is 20.7. The molecular weight excluding hydrogens is 318 g/mol. The Hall–Kier alpha value is -2.60. The highest BCUT2D eigenvalue weighted by Crippen LogP contribution is 2.31. The van der Waals surface area contributed by atoms with Crippen molar-refractivity contribution < 1.29 is 14.3 Å². The molecule has 1 amide bonds. The minimum atomic E-state index is 0.0846. The largest absolute Gasteiger partial charge is 0.486 e. The van der Waals surface area contributed by atoms with Crippen LogP contribution in [0, 0.1) is 0 Å². The van der Waals surface area contributed by atoms with Gasteiger partial charge in [-0.2, -0.15) is 0 Å². The van der Waals surface area contributed by atoms with Gasteiger partial charge >= 0.3 is 0 Å². The number of pyridine rings is 1. The normalized spacial score (nSPS) is 17.4. The minimum Gasteiger partial charge on any atom is -0.486 e. The van der Waals surface area contributed by atoms with Gasteiger partial charge in [0, 0.05) is 50.7 Å². The number of benzene rings is 1. The molecule has 0 saturated carbocycles. The van der Waals surface area contributed by atoms with Gasteiger partial charge in [0.25, 0.3) is 5.91 Å². The van der Waals surface area contributed by atoms with Crippen molar-refractivity contribution in [2.45, 2.75) is 6.54 Å². The van der Waals surface area contributed by atoms with E-state index in [2.05, 4.69) is 22.0 Å². The maximum Gasteiger partial charge on any atom is 0.254 e. The average Bonchev–Trinajstić information content (AvgIpc) is 2.69. The maximum atomic E-state index is 12.5. The quantitative estimate of drug-likeness (QED) is 0.854. The monoisotopic (exact) mass is 339 g/mol. The number of ether oxygens (including phenoxy) is 2. The van der Waals surface area contributed by atoms with Crippen LogP contribution in [-0.4, -0.2) is 60.1 Å². The predicted octanol–water partition coefficient (Wildman–Crippen LogP) is 1.81. The van der Waals surface area contributed by atoms with Gasteiger partial charge in [-0.05, 0) is 29.8 Å². The molecule has 130 valence electrons. The molecule has 0 N–H and O–H groups in total. The molecule has 0 radical (unpaired) electrons. The molecule has 0 spiro atoms. The number of aromatic nitrogens is 1. The fraction of sp³-hybridized carbons (Fsp3) is 0.368. The van der Waals surface area contributed by atoms with Gasteiger partial charge in [-0.3, -0.25) is 14.7 Å². The van der Waals surface area contributed by atoms with Crippen molar-refractivity contribution in [1.82, 2.24) is 14.8 Å². The van der Waals surface area contributed by atoms with E-state index in [1.807, 2.05) is 11.0 Å². The van der Waals surface area contributed by atoms with Crippen molar-refractivity contribution in [3.8, 4) is 11.5 Å². The van der Waals surface area contributed by atoms with Crippen LogP contribution in [0.4, 0.5) is 0 Å². The zero-order chi connectivity index (χ0) is 17.1. The summed E-state index contributed by atoms with van der Waals surface area (Å²) in [6, 6.07) is 9.66. The van der Waals surface area contributed by atoms with Crippen LogP contribution in [0.1, 0.15) is 15.9 Å². The van der Waals surface area contributed by atoms with Crippen LogP contribution < -0.4 is 9.47 Å². The molecule has 1 aromatic carbocycles.